The molecule has 1 amide bonds. The van der Waals surface area contributed by atoms with Crippen molar-refractivity contribution in [3.63, 3.8) is 0 Å². The molecule has 14 nitrogen and oxygen atoms in total. The number of carbonyl (C=O) groups is 2. The Morgan fingerprint density at radius 3 is 2.36 bits per heavy atom. The Balaban J connectivity index is 1.08. The van der Waals surface area contributed by atoms with E-state index in [9.17, 15) is 34.4 Å². The summed E-state index contributed by atoms with van der Waals surface area (Å²) in [6, 6.07) is 4.56. The van der Waals surface area contributed by atoms with Gasteiger partial charge >= 0.3 is 5.97 Å². The molecule has 15 heteroatoms. The second-order valence-electron chi connectivity index (χ2n) is 12.2. The van der Waals surface area contributed by atoms with Crippen molar-refractivity contribution in [3.8, 4) is 5.75 Å². The number of hydrogen-bond acceptors (Lipinski definition) is 13. The van der Waals surface area contributed by atoms with Gasteiger partial charge in [-0.2, -0.15) is 0 Å². The average molecular weight is 664 g/mol. The number of aliphatic hydroxyl groups is 5. The number of likely N-dealkylation sites (tertiary alicyclic amines) is 1. The number of rotatable bonds is 17. The van der Waals surface area contributed by atoms with Crippen LogP contribution in [0.1, 0.15) is 41.6 Å². The van der Waals surface area contributed by atoms with Gasteiger partial charge in [0.15, 0.2) is 0 Å². The van der Waals surface area contributed by atoms with Crippen LogP contribution in [0.15, 0.2) is 30.6 Å². The zero-order valence-corrected chi connectivity index (χ0v) is 26.6. The van der Waals surface area contributed by atoms with Crippen molar-refractivity contribution in [2.45, 2.75) is 56.5 Å². The van der Waals surface area contributed by atoms with E-state index in [1.165, 1.54) is 25.6 Å². The fourth-order valence-electron chi connectivity index (χ4n) is 5.75. The number of ether oxygens (including phenoxy) is 2. The molecule has 0 bridgehead atoms. The van der Waals surface area contributed by atoms with Gasteiger partial charge in [-0.25, -0.2) is 19.2 Å². The highest BCUT2D eigenvalue weighted by Crippen LogP contribution is 2.25. The van der Waals surface area contributed by atoms with Crippen molar-refractivity contribution < 1.29 is 49.0 Å². The summed E-state index contributed by atoms with van der Waals surface area (Å²) in [6.07, 6.45) is 0.450. The fraction of sp³-hybridized carbons (Fsp3) is 0.625. The summed E-state index contributed by atoms with van der Waals surface area (Å²) in [5.74, 6) is 0.517. The molecule has 0 aliphatic carbocycles. The van der Waals surface area contributed by atoms with Gasteiger partial charge in [0.05, 0.1) is 38.4 Å². The molecular formula is C32H46FN5O9. The third kappa shape index (κ3) is 10.3. The zero-order chi connectivity index (χ0) is 33.9. The van der Waals surface area contributed by atoms with Gasteiger partial charge in [-0.3, -0.25) is 4.79 Å². The maximum Gasteiger partial charge on any atom is 0.341 e. The molecule has 4 rings (SSSR count). The van der Waals surface area contributed by atoms with Gasteiger partial charge < -0.3 is 50.1 Å². The Kier molecular flexibility index (Phi) is 13.6. The van der Waals surface area contributed by atoms with E-state index in [4.69, 9.17) is 9.84 Å². The molecule has 4 unspecified atom stereocenters. The number of carbonyl (C=O) groups excluding carboxylic acids is 2. The summed E-state index contributed by atoms with van der Waals surface area (Å²) in [7, 11) is 1.32. The van der Waals surface area contributed by atoms with E-state index in [2.05, 4.69) is 24.9 Å². The van der Waals surface area contributed by atoms with Gasteiger partial charge in [0, 0.05) is 63.6 Å². The first kappa shape index (κ1) is 36.4. The summed E-state index contributed by atoms with van der Waals surface area (Å²) in [4.78, 5) is 36.5. The normalized spacial score (nSPS) is 18.3. The number of hydrogen-bond donors (Lipinski definition) is 6. The maximum absolute atomic E-state index is 14.8. The van der Waals surface area contributed by atoms with E-state index in [1.54, 1.807) is 17.0 Å². The topological polar surface area (TPSA) is 198 Å². The summed E-state index contributed by atoms with van der Waals surface area (Å²) >= 11 is 0. The molecule has 3 heterocycles. The summed E-state index contributed by atoms with van der Waals surface area (Å²) in [6.45, 7) is 2.70. The van der Waals surface area contributed by atoms with E-state index in [-0.39, 0.29) is 24.8 Å². The van der Waals surface area contributed by atoms with Gasteiger partial charge in [-0.05, 0) is 43.2 Å². The van der Waals surface area contributed by atoms with Crippen LogP contribution in [0.5, 0.6) is 5.75 Å². The molecule has 0 spiro atoms. The monoisotopic (exact) mass is 663 g/mol. The standard InChI is InChI=1S/C32H46FN5O9/c1-46-31(45)23-14-35-32(36-15-23)37-8-6-20(7-9-37)3-2-10-47-24-5-4-22(25(33)12-24)11-28(42)38-17-21(18-38)13-34-16-26(40)29(43)30(44)27(41)19-39/h4-5,12,14-15,20-21,26-27,29-30,34,39-41,43-44H,2-3,6-11,13,16-19H2,1H3. The summed E-state index contributed by atoms with van der Waals surface area (Å²) < 4.78 is 25.2. The van der Waals surface area contributed by atoms with Crippen LogP contribution in [0.2, 0.25) is 0 Å². The van der Waals surface area contributed by atoms with Crippen LogP contribution in [0.4, 0.5) is 10.3 Å². The molecule has 2 aliphatic rings. The molecule has 47 heavy (non-hydrogen) atoms. The highest BCUT2D eigenvalue weighted by molar-refractivity contribution is 5.88. The number of anilines is 1. The van der Waals surface area contributed by atoms with E-state index < -0.39 is 42.8 Å². The van der Waals surface area contributed by atoms with Crippen LogP contribution in [-0.4, -0.2) is 136 Å². The third-order valence-electron chi connectivity index (χ3n) is 8.77. The number of benzene rings is 1. The summed E-state index contributed by atoms with van der Waals surface area (Å²) in [5, 5.41) is 50.7. The number of amides is 1. The minimum absolute atomic E-state index is 0.0488. The molecule has 2 aliphatic heterocycles. The molecule has 2 fully saturated rings. The Bertz CT molecular complexity index is 1290. The van der Waals surface area contributed by atoms with E-state index in [0.717, 1.165) is 38.8 Å². The highest BCUT2D eigenvalue weighted by Gasteiger charge is 2.32. The van der Waals surface area contributed by atoms with E-state index in [1.807, 2.05) is 0 Å². The number of halogens is 1. The zero-order valence-electron chi connectivity index (χ0n) is 26.6. The van der Waals surface area contributed by atoms with Crippen molar-refractivity contribution in [1.29, 1.82) is 0 Å². The van der Waals surface area contributed by atoms with Crippen LogP contribution >= 0.6 is 0 Å². The van der Waals surface area contributed by atoms with Crippen LogP contribution in [-0.2, 0) is 16.0 Å². The van der Waals surface area contributed by atoms with Crippen molar-refractivity contribution >= 4 is 17.8 Å². The Morgan fingerprint density at radius 2 is 1.72 bits per heavy atom. The predicted molar refractivity (Wildman–Crippen MR) is 167 cm³/mol. The fourth-order valence-corrected chi connectivity index (χ4v) is 5.75. The molecule has 0 radical (unpaired) electrons. The Labute approximate surface area is 273 Å². The molecule has 0 saturated carbocycles. The van der Waals surface area contributed by atoms with Gasteiger partial charge in [-0.15, -0.1) is 0 Å². The van der Waals surface area contributed by atoms with Crippen molar-refractivity contribution in [1.82, 2.24) is 20.2 Å². The smallest absolute Gasteiger partial charge is 0.341 e. The molecule has 4 atom stereocenters. The number of nitrogens with one attached hydrogen (secondary N) is 1. The first-order chi connectivity index (χ1) is 22.6. The molecule has 1 aromatic heterocycles. The predicted octanol–water partition coefficient (Wildman–Crippen LogP) is -0.496. The number of aliphatic hydroxyl groups excluding tert-OH is 5. The summed E-state index contributed by atoms with van der Waals surface area (Å²) in [5.41, 5.74) is 0.609. The van der Waals surface area contributed by atoms with Gasteiger partial charge in [-0.1, -0.05) is 6.07 Å². The molecule has 1 aromatic carbocycles. The first-order valence-corrected chi connectivity index (χ1v) is 16.0. The van der Waals surface area contributed by atoms with Crippen LogP contribution in [0.3, 0.4) is 0 Å². The largest absolute Gasteiger partial charge is 0.493 e. The van der Waals surface area contributed by atoms with Crippen LogP contribution in [0, 0.1) is 17.7 Å². The minimum atomic E-state index is -1.68. The van der Waals surface area contributed by atoms with E-state index in [0.29, 0.717) is 55.0 Å². The quantitative estimate of drug-likeness (QED) is 0.0937. The molecular weight excluding hydrogens is 617 g/mol. The molecule has 2 aromatic rings. The lowest BCUT2D eigenvalue weighted by Crippen LogP contribution is -2.55. The maximum atomic E-state index is 14.8. The van der Waals surface area contributed by atoms with Gasteiger partial charge in [0.1, 0.15) is 29.9 Å². The number of piperidine rings is 1. The van der Waals surface area contributed by atoms with E-state index >= 15 is 0 Å². The van der Waals surface area contributed by atoms with Crippen LogP contribution in [0.25, 0.3) is 0 Å². The highest BCUT2D eigenvalue weighted by atomic mass is 19.1. The number of methoxy groups -OCH3 is 1. The lowest BCUT2D eigenvalue weighted by atomic mass is 9.92. The number of nitrogens with zero attached hydrogens (tertiary/aromatic N) is 4. The molecule has 2 saturated heterocycles. The number of aromatic nitrogens is 2. The minimum Gasteiger partial charge on any atom is -0.493 e. The second-order valence-corrected chi connectivity index (χ2v) is 12.2. The van der Waals surface area contributed by atoms with Crippen molar-refractivity contribution in [2.24, 2.45) is 11.8 Å². The van der Waals surface area contributed by atoms with Crippen LogP contribution < -0.4 is 15.0 Å². The Morgan fingerprint density at radius 1 is 1.04 bits per heavy atom. The molecule has 6 N–H and O–H groups in total. The van der Waals surface area contributed by atoms with Gasteiger partial charge in [0.25, 0.3) is 0 Å². The third-order valence-corrected chi connectivity index (χ3v) is 8.77. The second kappa shape index (κ2) is 17.6. The van der Waals surface area contributed by atoms with Crippen molar-refractivity contribution in [3.05, 3.63) is 47.5 Å². The molecule has 260 valence electrons. The SMILES string of the molecule is COC(=O)c1cnc(N2CCC(CCCOc3ccc(CC(=O)N4CC(CNCC(O)C(O)C(O)C(O)CO)C4)c(F)c3)CC2)nc1. The van der Waals surface area contributed by atoms with Gasteiger partial charge in [0.2, 0.25) is 11.9 Å². The van der Waals surface area contributed by atoms with Crippen molar-refractivity contribution in [2.75, 3.05) is 64.5 Å². The lowest BCUT2D eigenvalue weighted by Gasteiger charge is -2.39. The lowest BCUT2D eigenvalue weighted by molar-refractivity contribution is -0.136. The Hall–Kier alpha value is -3.47. The first-order valence-electron chi connectivity index (χ1n) is 16.0. The average Bonchev–Trinajstić information content (AvgIpc) is 3.07. The number of esters is 1.